The second kappa shape index (κ2) is 4.09. The van der Waals surface area contributed by atoms with Gasteiger partial charge in [-0.05, 0) is 36.2 Å². The van der Waals surface area contributed by atoms with Crippen LogP contribution in [0.25, 0.3) is 0 Å². The van der Waals surface area contributed by atoms with Crippen molar-refractivity contribution in [3.63, 3.8) is 0 Å². The maximum absolute atomic E-state index is 13.7. The van der Waals surface area contributed by atoms with Gasteiger partial charge in [-0.15, -0.1) is 0 Å². The Hall–Kier alpha value is -1.90. The summed E-state index contributed by atoms with van der Waals surface area (Å²) in [7, 11) is 0. The molecule has 1 atom stereocenters. The summed E-state index contributed by atoms with van der Waals surface area (Å²) < 4.78 is 26.6. The molecule has 0 radical (unpaired) electrons. The molecule has 1 N–H and O–H groups in total. The summed E-state index contributed by atoms with van der Waals surface area (Å²) in [4.78, 5) is 0. The van der Waals surface area contributed by atoms with Crippen LogP contribution in [0.15, 0.2) is 36.4 Å². The van der Waals surface area contributed by atoms with Crippen LogP contribution >= 0.6 is 0 Å². The van der Waals surface area contributed by atoms with Gasteiger partial charge in [0.1, 0.15) is 11.6 Å². The van der Waals surface area contributed by atoms with Crippen LogP contribution < -0.4 is 5.32 Å². The molecule has 1 unspecified atom stereocenters. The molecule has 92 valence electrons. The van der Waals surface area contributed by atoms with Crippen molar-refractivity contribution in [2.24, 2.45) is 0 Å². The highest BCUT2D eigenvalue weighted by Crippen LogP contribution is 2.37. The van der Waals surface area contributed by atoms with E-state index in [4.69, 9.17) is 0 Å². The molecular formula is C15H13F2N. The number of hydrogen-bond donors (Lipinski definition) is 1. The first-order valence-corrected chi connectivity index (χ1v) is 5.95. The van der Waals surface area contributed by atoms with Gasteiger partial charge in [0, 0.05) is 17.7 Å². The van der Waals surface area contributed by atoms with Gasteiger partial charge in [0.2, 0.25) is 0 Å². The lowest BCUT2D eigenvalue weighted by molar-refractivity contribution is 0.609. The number of aryl methyl sites for hydroxylation is 1. The van der Waals surface area contributed by atoms with Crippen LogP contribution in [0.2, 0.25) is 0 Å². The number of anilines is 1. The van der Waals surface area contributed by atoms with Crippen molar-refractivity contribution in [1.29, 1.82) is 0 Å². The fourth-order valence-electron chi connectivity index (χ4n) is 2.47. The van der Waals surface area contributed by atoms with Crippen LogP contribution in [0.4, 0.5) is 14.5 Å². The summed E-state index contributed by atoms with van der Waals surface area (Å²) in [5.74, 6) is -0.427. The molecular weight excluding hydrogens is 232 g/mol. The Balaban J connectivity index is 1.95. The van der Waals surface area contributed by atoms with Crippen LogP contribution in [0, 0.1) is 18.6 Å². The molecule has 0 aromatic heterocycles. The standard InChI is InChI=1S/C15H13F2N/c1-9-2-7-13(17)12-8-14(18-15(9)12)10-3-5-11(16)6-4-10/h2-7,14,18H,8H2,1H3. The third-order valence-electron chi connectivity index (χ3n) is 3.46. The minimum absolute atomic E-state index is 0.0243. The molecule has 0 bridgehead atoms. The predicted octanol–water partition coefficient (Wildman–Crippen LogP) is 3.98. The van der Waals surface area contributed by atoms with E-state index >= 15 is 0 Å². The minimum Gasteiger partial charge on any atom is -0.377 e. The first-order chi connectivity index (χ1) is 8.65. The average molecular weight is 245 g/mol. The van der Waals surface area contributed by atoms with E-state index in [9.17, 15) is 8.78 Å². The van der Waals surface area contributed by atoms with Gasteiger partial charge in [-0.1, -0.05) is 18.2 Å². The van der Waals surface area contributed by atoms with Gasteiger partial charge in [-0.3, -0.25) is 0 Å². The molecule has 0 saturated carbocycles. The van der Waals surface area contributed by atoms with E-state index in [0.29, 0.717) is 6.42 Å². The molecule has 2 aromatic rings. The summed E-state index contributed by atoms with van der Waals surface area (Å²) in [6, 6.07) is 9.65. The van der Waals surface area contributed by atoms with Crippen LogP contribution in [0.1, 0.15) is 22.7 Å². The van der Waals surface area contributed by atoms with Gasteiger partial charge in [0.05, 0.1) is 6.04 Å². The number of hydrogen-bond acceptors (Lipinski definition) is 1. The van der Waals surface area contributed by atoms with Crippen LogP contribution in [0.5, 0.6) is 0 Å². The van der Waals surface area contributed by atoms with Crippen molar-refractivity contribution in [3.05, 3.63) is 64.7 Å². The predicted molar refractivity (Wildman–Crippen MR) is 67.6 cm³/mol. The molecule has 1 nitrogen and oxygen atoms in total. The van der Waals surface area contributed by atoms with Crippen molar-refractivity contribution in [3.8, 4) is 0 Å². The molecule has 3 rings (SSSR count). The third kappa shape index (κ3) is 1.76. The fraction of sp³-hybridized carbons (Fsp3) is 0.200. The van der Waals surface area contributed by atoms with Crippen molar-refractivity contribution >= 4 is 5.69 Å². The molecule has 0 saturated heterocycles. The Bertz CT molecular complexity index is 559. The Morgan fingerprint density at radius 1 is 1.06 bits per heavy atom. The summed E-state index contributed by atoms with van der Waals surface area (Å²) >= 11 is 0. The normalized spacial score (nSPS) is 17.4. The van der Waals surface area contributed by atoms with Gasteiger partial charge in [0.25, 0.3) is 0 Å². The highest BCUT2D eigenvalue weighted by molar-refractivity contribution is 5.63. The highest BCUT2D eigenvalue weighted by Gasteiger charge is 2.25. The quantitative estimate of drug-likeness (QED) is 0.801. The minimum atomic E-state index is -0.253. The Kier molecular flexibility index (Phi) is 2.54. The van der Waals surface area contributed by atoms with E-state index in [0.717, 1.165) is 22.4 Å². The second-order valence-corrected chi connectivity index (χ2v) is 4.67. The summed E-state index contributed by atoms with van der Waals surface area (Å²) in [6.45, 7) is 1.96. The zero-order valence-corrected chi connectivity index (χ0v) is 10.0. The number of fused-ring (bicyclic) bond motifs is 1. The summed E-state index contributed by atoms with van der Waals surface area (Å²) in [5.41, 5.74) is 3.62. The molecule has 1 aliphatic heterocycles. The Morgan fingerprint density at radius 2 is 1.78 bits per heavy atom. The van der Waals surface area contributed by atoms with Crippen LogP contribution in [0.3, 0.4) is 0 Å². The van der Waals surface area contributed by atoms with Gasteiger partial charge in [0.15, 0.2) is 0 Å². The lowest BCUT2D eigenvalue weighted by atomic mass is 10.0. The number of rotatable bonds is 1. The maximum Gasteiger partial charge on any atom is 0.128 e. The van der Waals surface area contributed by atoms with E-state index in [2.05, 4.69) is 5.32 Å². The van der Waals surface area contributed by atoms with Gasteiger partial charge in [-0.2, -0.15) is 0 Å². The van der Waals surface area contributed by atoms with E-state index in [1.165, 1.54) is 18.2 Å². The first-order valence-electron chi connectivity index (χ1n) is 5.95. The van der Waals surface area contributed by atoms with Crippen LogP contribution in [-0.2, 0) is 6.42 Å². The highest BCUT2D eigenvalue weighted by atomic mass is 19.1. The first kappa shape index (κ1) is 11.2. The molecule has 3 heteroatoms. The molecule has 0 amide bonds. The summed E-state index contributed by atoms with van der Waals surface area (Å²) in [6.07, 6.45) is 0.606. The molecule has 1 aliphatic rings. The smallest absolute Gasteiger partial charge is 0.128 e. The number of nitrogens with one attached hydrogen (secondary N) is 1. The van der Waals surface area contributed by atoms with Gasteiger partial charge in [-0.25, -0.2) is 8.78 Å². The molecule has 0 spiro atoms. The van der Waals surface area contributed by atoms with Gasteiger partial charge >= 0.3 is 0 Å². The summed E-state index contributed by atoms with van der Waals surface area (Å²) in [5, 5.41) is 3.32. The Labute approximate surface area is 104 Å². The topological polar surface area (TPSA) is 12.0 Å². The zero-order valence-electron chi connectivity index (χ0n) is 10.0. The molecule has 0 fully saturated rings. The monoisotopic (exact) mass is 245 g/mol. The zero-order chi connectivity index (χ0) is 12.7. The lowest BCUT2D eigenvalue weighted by Crippen LogP contribution is -2.05. The van der Waals surface area contributed by atoms with E-state index in [1.807, 2.05) is 6.92 Å². The molecule has 18 heavy (non-hydrogen) atoms. The van der Waals surface area contributed by atoms with Crippen molar-refractivity contribution < 1.29 is 8.78 Å². The lowest BCUT2D eigenvalue weighted by Gasteiger charge is -2.12. The molecule has 0 aliphatic carbocycles. The third-order valence-corrected chi connectivity index (χ3v) is 3.46. The van der Waals surface area contributed by atoms with E-state index in [1.54, 1.807) is 18.2 Å². The van der Waals surface area contributed by atoms with Gasteiger partial charge < -0.3 is 5.32 Å². The van der Waals surface area contributed by atoms with Crippen molar-refractivity contribution in [2.45, 2.75) is 19.4 Å². The Morgan fingerprint density at radius 3 is 2.44 bits per heavy atom. The van der Waals surface area contributed by atoms with Crippen molar-refractivity contribution in [1.82, 2.24) is 0 Å². The molecule has 2 aromatic carbocycles. The van der Waals surface area contributed by atoms with Crippen LogP contribution in [-0.4, -0.2) is 0 Å². The average Bonchev–Trinajstić information content (AvgIpc) is 2.81. The second-order valence-electron chi connectivity index (χ2n) is 4.67. The maximum atomic E-state index is 13.7. The van der Waals surface area contributed by atoms with E-state index < -0.39 is 0 Å². The SMILES string of the molecule is Cc1ccc(F)c2c1NC(c1ccc(F)cc1)C2. The van der Waals surface area contributed by atoms with Crippen molar-refractivity contribution in [2.75, 3.05) is 5.32 Å². The number of halogens is 2. The van der Waals surface area contributed by atoms with E-state index in [-0.39, 0.29) is 17.7 Å². The fourth-order valence-corrected chi connectivity index (χ4v) is 2.47. The number of benzene rings is 2. The largest absolute Gasteiger partial charge is 0.377 e. The molecule has 1 heterocycles.